The number of hydrogen-bond donors (Lipinski definition) is 4. The number of carboxylic acids is 4. The van der Waals surface area contributed by atoms with E-state index in [1.165, 1.54) is 0 Å². The molecule has 0 saturated carbocycles. The Morgan fingerprint density at radius 2 is 1.24 bits per heavy atom. The summed E-state index contributed by atoms with van der Waals surface area (Å²) in [6, 6.07) is 0. The zero-order valence-corrected chi connectivity index (χ0v) is 8.28. The smallest absolute Gasteiger partial charge is 0.326 e. The average Bonchev–Trinajstić information content (AvgIpc) is 2.58. The van der Waals surface area contributed by atoms with E-state index in [-0.39, 0.29) is 0 Å². The Kier molecular flexibility index (Phi) is 2.67. The Hall–Kier alpha value is -2.38. The third-order valence-corrected chi connectivity index (χ3v) is 2.87. The van der Waals surface area contributed by atoms with Crippen LogP contribution in [0.4, 0.5) is 0 Å². The van der Waals surface area contributed by atoms with E-state index in [0.717, 1.165) is 6.08 Å². The Bertz CT molecular complexity index is 418. The van der Waals surface area contributed by atoms with Crippen LogP contribution in [0.1, 0.15) is 6.42 Å². The molecule has 0 radical (unpaired) electrons. The third-order valence-electron chi connectivity index (χ3n) is 2.87. The summed E-state index contributed by atoms with van der Waals surface area (Å²) in [5.74, 6) is -8.05. The molecule has 1 aliphatic rings. The second-order valence-electron chi connectivity index (χ2n) is 3.54. The number of aliphatic carboxylic acids is 4. The van der Waals surface area contributed by atoms with Gasteiger partial charge in [0.1, 0.15) is 0 Å². The van der Waals surface area contributed by atoms with Gasteiger partial charge in [0.25, 0.3) is 0 Å². The van der Waals surface area contributed by atoms with Crippen molar-refractivity contribution in [2.45, 2.75) is 6.42 Å². The van der Waals surface area contributed by atoms with Crippen molar-refractivity contribution in [3.8, 4) is 0 Å². The Morgan fingerprint density at radius 3 is 1.47 bits per heavy atom. The molecule has 92 valence electrons. The first kappa shape index (κ1) is 12.7. The standard InChI is InChI=1S/C9H8O8/c10-4(11)8(5(12)13)2-1-3-9(8,6(14)15)7(16)17/h1-2H,3H2,(H,10,11)(H,12,13)(H,14,15)(H,16,17). The van der Waals surface area contributed by atoms with Crippen LogP contribution >= 0.6 is 0 Å². The lowest BCUT2D eigenvalue weighted by Gasteiger charge is -2.32. The zero-order chi connectivity index (χ0) is 13.4. The molecule has 0 aromatic carbocycles. The topological polar surface area (TPSA) is 149 Å². The fourth-order valence-corrected chi connectivity index (χ4v) is 1.92. The molecule has 0 aliphatic heterocycles. The normalized spacial score (nSPS) is 19.8. The van der Waals surface area contributed by atoms with E-state index >= 15 is 0 Å². The highest BCUT2D eigenvalue weighted by Crippen LogP contribution is 2.50. The van der Waals surface area contributed by atoms with Crippen molar-refractivity contribution in [2.24, 2.45) is 10.8 Å². The van der Waals surface area contributed by atoms with E-state index < -0.39 is 41.1 Å². The van der Waals surface area contributed by atoms with Crippen LogP contribution in [-0.2, 0) is 19.2 Å². The van der Waals surface area contributed by atoms with E-state index in [4.69, 9.17) is 20.4 Å². The van der Waals surface area contributed by atoms with Gasteiger partial charge in [-0.25, -0.2) is 0 Å². The second-order valence-corrected chi connectivity index (χ2v) is 3.54. The van der Waals surface area contributed by atoms with Gasteiger partial charge in [-0.1, -0.05) is 12.2 Å². The fraction of sp³-hybridized carbons (Fsp3) is 0.333. The lowest BCUT2D eigenvalue weighted by molar-refractivity contribution is -0.188. The molecule has 4 N–H and O–H groups in total. The molecule has 0 spiro atoms. The summed E-state index contributed by atoms with van der Waals surface area (Å²) >= 11 is 0. The van der Waals surface area contributed by atoms with Crippen molar-refractivity contribution in [1.82, 2.24) is 0 Å². The number of carbonyl (C=O) groups is 4. The van der Waals surface area contributed by atoms with Crippen molar-refractivity contribution in [2.75, 3.05) is 0 Å². The first-order valence-electron chi connectivity index (χ1n) is 4.34. The number of rotatable bonds is 4. The SMILES string of the molecule is O=C(O)C1(C(=O)O)C=CCC1(C(=O)O)C(=O)O. The number of carboxylic acid groups (broad SMARTS) is 4. The van der Waals surface area contributed by atoms with Crippen molar-refractivity contribution < 1.29 is 39.6 Å². The molecule has 8 nitrogen and oxygen atoms in total. The third kappa shape index (κ3) is 1.23. The van der Waals surface area contributed by atoms with E-state index in [9.17, 15) is 19.2 Å². The van der Waals surface area contributed by atoms with Crippen LogP contribution in [0, 0.1) is 10.8 Å². The molecule has 0 heterocycles. The van der Waals surface area contributed by atoms with Gasteiger partial charge in [0.2, 0.25) is 5.41 Å². The second kappa shape index (κ2) is 3.58. The van der Waals surface area contributed by atoms with Gasteiger partial charge in [-0.15, -0.1) is 0 Å². The van der Waals surface area contributed by atoms with Gasteiger partial charge < -0.3 is 20.4 Å². The van der Waals surface area contributed by atoms with Crippen LogP contribution in [0.25, 0.3) is 0 Å². The van der Waals surface area contributed by atoms with Crippen LogP contribution in [-0.4, -0.2) is 44.3 Å². The summed E-state index contributed by atoms with van der Waals surface area (Å²) in [6.45, 7) is 0. The molecule has 1 rings (SSSR count). The van der Waals surface area contributed by atoms with Crippen molar-refractivity contribution in [3.63, 3.8) is 0 Å². The highest BCUT2D eigenvalue weighted by molar-refractivity contribution is 6.15. The Labute approximate surface area is 93.8 Å². The molecule has 0 atom stereocenters. The lowest BCUT2D eigenvalue weighted by Crippen LogP contribution is -2.58. The van der Waals surface area contributed by atoms with E-state index in [1.54, 1.807) is 0 Å². The van der Waals surface area contributed by atoms with E-state index in [1.807, 2.05) is 0 Å². The summed E-state index contributed by atoms with van der Waals surface area (Å²) in [5, 5.41) is 35.7. The minimum atomic E-state index is -3.00. The van der Waals surface area contributed by atoms with Crippen molar-refractivity contribution in [3.05, 3.63) is 12.2 Å². The summed E-state index contributed by atoms with van der Waals surface area (Å²) in [4.78, 5) is 44.1. The lowest BCUT2D eigenvalue weighted by atomic mass is 9.65. The average molecular weight is 244 g/mol. The quantitative estimate of drug-likeness (QED) is 0.373. The molecule has 17 heavy (non-hydrogen) atoms. The Morgan fingerprint density at radius 1 is 0.824 bits per heavy atom. The van der Waals surface area contributed by atoms with Crippen LogP contribution in [0.3, 0.4) is 0 Å². The van der Waals surface area contributed by atoms with Crippen LogP contribution < -0.4 is 0 Å². The Balaban J connectivity index is 3.63. The summed E-state index contributed by atoms with van der Waals surface area (Å²) in [5.41, 5.74) is -5.92. The molecule has 8 heteroatoms. The molecule has 0 bridgehead atoms. The van der Waals surface area contributed by atoms with Gasteiger partial charge in [0.05, 0.1) is 0 Å². The van der Waals surface area contributed by atoms with Gasteiger partial charge in [-0.2, -0.15) is 0 Å². The molecule has 0 aromatic rings. The monoisotopic (exact) mass is 244 g/mol. The first-order valence-corrected chi connectivity index (χ1v) is 4.34. The maximum Gasteiger partial charge on any atom is 0.326 e. The van der Waals surface area contributed by atoms with Gasteiger partial charge in [-0.05, 0) is 6.42 Å². The predicted octanol–water partition coefficient (Wildman–Crippen LogP) is -0.742. The first-order chi connectivity index (χ1) is 7.73. The van der Waals surface area contributed by atoms with E-state index in [0.29, 0.717) is 6.08 Å². The molecule has 0 aromatic heterocycles. The summed E-state index contributed by atoms with van der Waals surface area (Å²) in [6.07, 6.45) is 0.834. The predicted molar refractivity (Wildman–Crippen MR) is 49.2 cm³/mol. The molecular weight excluding hydrogens is 236 g/mol. The molecule has 0 unspecified atom stereocenters. The molecular formula is C9H8O8. The minimum Gasteiger partial charge on any atom is -0.480 e. The zero-order valence-electron chi connectivity index (χ0n) is 8.28. The van der Waals surface area contributed by atoms with Gasteiger partial charge in [0.15, 0.2) is 5.41 Å². The van der Waals surface area contributed by atoms with Gasteiger partial charge >= 0.3 is 23.9 Å². The van der Waals surface area contributed by atoms with Gasteiger partial charge in [-0.3, -0.25) is 19.2 Å². The van der Waals surface area contributed by atoms with Crippen molar-refractivity contribution in [1.29, 1.82) is 0 Å². The molecule has 0 saturated heterocycles. The maximum atomic E-state index is 11.0. The molecule has 0 amide bonds. The van der Waals surface area contributed by atoms with Crippen LogP contribution in [0.15, 0.2) is 12.2 Å². The van der Waals surface area contributed by atoms with Crippen LogP contribution in [0.2, 0.25) is 0 Å². The maximum absolute atomic E-state index is 11.0. The number of hydrogen-bond acceptors (Lipinski definition) is 4. The fourth-order valence-electron chi connectivity index (χ4n) is 1.92. The highest BCUT2D eigenvalue weighted by atomic mass is 16.4. The minimum absolute atomic E-state index is 0.597. The van der Waals surface area contributed by atoms with Gasteiger partial charge in [0, 0.05) is 0 Å². The largest absolute Gasteiger partial charge is 0.480 e. The molecule has 0 fully saturated rings. The number of allylic oxidation sites excluding steroid dienone is 1. The highest BCUT2D eigenvalue weighted by Gasteiger charge is 2.72. The van der Waals surface area contributed by atoms with Crippen molar-refractivity contribution >= 4 is 23.9 Å². The van der Waals surface area contributed by atoms with Crippen LogP contribution in [0.5, 0.6) is 0 Å². The molecule has 1 aliphatic carbocycles. The summed E-state index contributed by atoms with van der Waals surface area (Å²) in [7, 11) is 0. The van der Waals surface area contributed by atoms with E-state index in [2.05, 4.69) is 0 Å². The summed E-state index contributed by atoms with van der Waals surface area (Å²) < 4.78 is 0.